The Morgan fingerprint density at radius 1 is 1.24 bits per heavy atom. The fraction of sp³-hybridized carbons (Fsp3) is 0.421. The molecule has 0 aromatic heterocycles. The quantitative estimate of drug-likeness (QED) is 0.571. The Kier molecular flexibility index (Phi) is 8.80. The van der Waals surface area contributed by atoms with Crippen molar-refractivity contribution in [2.45, 2.75) is 41.0 Å². The lowest BCUT2D eigenvalue weighted by molar-refractivity contribution is -0.383. The summed E-state index contributed by atoms with van der Waals surface area (Å²) in [5.41, 5.74) is 2.06. The molecule has 1 fully saturated rings. The summed E-state index contributed by atoms with van der Waals surface area (Å²) in [7, 11) is 0. The van der Waals surface area contributed by atoms with Crippen LogP contribution in [0, 0.1) is 19.3 Å². The van der Waals surface area contributed by atoms with Gasteiger partial charge >= 0.3 is 5.91 Å². The van der Waals surface area contributed by atoms with E-state index in [9.17, 15) is 4.79 Å². The maximum atomic E-state index is 12.3. The Morgan fingerprint density at radius 2 is 1.76 bits per heavy atom. The molecule has 1 aromatic rings. The van der Waals surface area contributed by atoms with Crippen molar-refractivity contribution >= 4 is 12.6 Å². The van der Waals surface area contributed by atoms with E-state index in [4.69, 9.17) is 0 Å². The minimum absolute atomic E-state index is 0. The zero-order valence-electron chi connectivity index (χ0n) is 12.1. The first-order valence-electron chi connectivity index (χ1n) is 6.46. The maximum Gasteiger partial charge on any atom is 0.396 e. The minimum atomic E-state index is -0.0256. The molecule has 0 aliphatic carbocycles. The molecule has 2 heteroatoms. The van der Waals surface area contributed by atoms with Gasteiger partial charge in [0, 0.05) is 5.92 Å². The summed E-state index contributed by atoms with van der Waals surface area (Å²) in [4.78, 5) is 12.3. The molecule has 1 saturated heterocycles. The summed E-state index contributed by atoms with van der Waals surface area (Å²) >= 11 is 0. The fourth-order valence-corrected chi connectivity index (χ4v) is 2.91. The van der Waals surface area contributed by atoms with Gasteiger partial charge in [-0.15, -0.1) is 4.58 Å². The highest BCUT2D eigenvalue weighted by molar-refractivity contribution is 5.77. The summed E-state index contributed by atoms with van der Waals surface area (Å²) in [6, 6.07) is 10.3. The summed E-state index contributed by atoms with van der Waals surface area (Å²) in [6.07, 6.45) is 0.950. The van der Waals surface area contributed by atoms with Gasteiger partial charge in [0.2, 0.25) is 0 Å². The van der Waals surface area contributed by atoms with Crippen LogP contribution in [0.5, 0.6) is 0 Å². The molecule has 0 spiro atoms. The Hall–Kier alpha value is -1.70. The van der Waals surface area contributed by atoms with E-state index in [2.05, 4.69) is 39.3 Å². The second kappa shape index (κ2) is 8.56. The normalized spacial score (nSPS) is 21.9. The molecule has 1 amide bonds. The number of carbonyl (C=O) groups excluding carboxylic acids is 1. The summed E-state index contributed by atoms with van der Waals surface area (Å²) < 4.78 is 1.47. The smallest absolute Gasteiger partial charge is 0.358 e. The van der Waals surface area contributed by atoms with Crippen molar-refractivity contribution in [3.8, 4) is 0 Å². The first-order valence-corrected chi connectivity index (χ1v) is 6.46. The first kappa shape index (κ1) is 21.6. The molecule has 0 saturated carbocycles. The van der Waals surface area contributed by atoms with Crippen molar-refractivity contribution in [2.24, 2.45) is 11.8 Å². The minimum Gasteiger partial charge on any atom is -0.358 e. The molecule has 0 radical (unpaired) electrons. The topological polar surface area (TPSA) is 20.1 Å². The molecule has 3 atom stereocenters. The average molecular weight is 289 g/mol. The lowest BCUT2D eigenvalue weighted by Gasteiger charge is -2.20. The van der Waals surface area contributed by atoms with Crippen LogP contribution in [0.4, 0.5) is 0 Å². The zero-order valence-corrected chi connectivity index (χ0v) is 12.1. The van der Waals surface area contributed by atoms with Gasteiger partial charge < -0.3 is 7.43 Å². The predicted octanol–water partition coefficient (Wildman–Crippen LogP) is 4.92. The molecule has 0 bridgehead atoms. The Morgan fingerprint density at radius 3 is 2.14 bits per heavy atom. The molecule has 2 rings (SSSR count). The SMILES string of the molecule is C.C.C=C1C(C)C(C(CC)c2ccccc2)C(=O)[N+]1=C.[CH3-]. The number of amides is 1. The van der Waals surface area contributed by atoms with Crippen molar-refractivity contribution in [1.29, 1.82) is 0 Å². The highest BCUT2D eigenvalue weighted by Crippen LogP contribution is 2.41. The van der Waals surface area contributed by atoms with Crippen LogP contribution in [-0.2, 0) is 4.79 Å². The van der Waals surface area contributed by atoms with Crippen molar-refractivity contribution in [3.63, 3.8) is 0 Å². The summed E-state index contributed by atoms with van der Waals surface area (Å²) in [5, 5.41) is 0. The highest BCUT2D eigenvalue weighted by Gasteiger charge is 2.49. The monoisotopic (exact) mass is 289 g/mol. The summed E-state index contributed by atoms with van der Waals surface area (Å²) in [6.45, 7) is 12.0. The molecule has 1 aliphatic rings. The van der Waals surface area contributed by atoms with Crippen LogP contribution in [0.1, 0.15) is 46.6 Å². The van der Waals surface area contributed by atoms with Crippen LogP contribution in [0.3, 0.4) is 0 Å². The predicted molar refractivity (Wildman–Crippen MR) is 93.5 cm³/mol. The van der Waals surface area contributed by atoms with E-state index in [1.165, 1.54) is 10.1 Å². The molecular weight excluding hydrogens is 258 g/mol. The molecular formula is C19H31NO. The van der Waals surface area contributed by atoms with Gasteiger partial charge in [-0.2, -0.15) is 0 Å². The number of hydrogen-bond acceptors (Lipinski definition) is 1. The number of allylic oxidation sites excluding steroid dienone is 1. The van der Waals surface area contributed by atoms with Gasteiger partial charge in [-0.3, -0.25) is 0 Å². The largest absolute Gasteiger partial charge is 0.396 e. The fourth-order valence-electron chi connectivity index (χ4n) is 2.91. The Labute approximate surface area is 131 Å². The lowest BCUT2D eigenvalue weighted by Crippen LogP contribution is -2.24. The number of rotatable bonds is 3. The number of benzene rings is 1. The number of carbonyl (C=O) groups is 1. The molecule has 0 N–H and O–H groups in total. The maximum absolute atomic E-state index is 12.3. The molecule has 21 heavy (non-hydrogen) atoms. The Balaban J connectivity index is 0. The Bertz CT molecular complexity index is 490. The van der Waals surface area contributed by atoms with Gasteiger partial charge in [-0.25, -0.2) is 4.79 Å². The van der Waals surface area contributed by atoms with Crippen LogP contribution in [0.2, 0.25) is 0 Å². The van der Waals surface area contributed by atoms with Crippen LogP contribution in [0.25, 0.3) is 0 Å². The van der Waals surface area contributed by atoms with Crippen molar-refractivity contribution < 1.29 is 9.37 Å². The third-order valence-corrected chi connectivity index (χ3v) is 4.06. The molecule has 1 heterocycles. The van der Waals surface area contributed by atoms with Crippen molar-refractivity contribution in [1.82, 2.24) is 0 Å². The van der Waals surface area contributed by atoms with Gasteiger partial charge in [0.1, 0.15) is 12.6 Å². The molecule has 3 unspecified atom stereocenters. The third-order valence-electron chi connectivity index (χ3n) is 4.06. The van der Waals surface area contributed by atoms with Gasteiger partial charge in [0.15, 0.2) is 5.70 Å². The van der Waals surface area contributed by atoms with E-state index in [-0.39, 0.29) is 45.9 Å². The third kappa shape index (κ3) is 3.69. The van der Waals surface area contributed by atoms with Gasteiger partial charge in [-0.05, 0) is 18.6 Å². The van der Waals surface area contributed by atoms with Crippen molar-refractivity contribution in [2.75, 3.05) is 0 Å². The molecule has 118 valence electrons. The van der Waals surface area contributed by atoms with Gasteiger partial charge in [0.25, 0.3) is 0 Å². The van der Waals surface area contributed by atoms with Gasteiger partial charge in [0.05, 0.1) is 5.92 Å². The second-order valence-electron chi connectivity index (χ2n) is 5.00. The average Bonchev–Trinajstić information content (AvgIpc) is 2.59. The molecule has 1 aliphatic heterocycles. The van der Waals surface area contributed by atoms with Gasteiger partial charge in [-0.1, -0.05) is 59.0 Å². The van der Waals surface area contributed by atoms with E-state index in [1.807, 2.05) is 18.2 Å². The van der Waals surface area contributed by atoms with Crippen LogP contribution in [0.15, 0.2) is 42.6 Å². The highest BCUT2D eigenvalue weighted by atomic mass is 16.2. The first-order chi connectivity index (χ1) is 8.57. The van der Waals surface area contributed by atoms with E-state index in [0.29, 0.717) is 0 Å². The lowest BCUT2D eigenvalue weighted by atomic mass is 9.78. The van der Waals surface area contributed by atoms with E-state index < -0.39 is 0 Å². The molecule has 2 nitrogen and oxygen atoms in total. The van der Waals surface area contributed by atoms with Crippen LogP contribution in [-0.4, -0.2) is 17.2 Å². The van der Waals surface area contributed by atoms with Crippen LogP contribution < -0.4 is 0 Å². The second-order valence-corrected chi connectivity index (χ2v) is 5.00. The van der Waals surface area contributed by atoms with Crippen LogP contribution >= 0.6 is 0 Å². The zero-order chi connectivity index (χ0) is 13.3. The number of hydrogen-bond donors (Lipinski definition) is 0. The van der Waals surface area contributed by atoms with E-state index >= 15 is 0 Å². The molecule has 1 aromatic carbocycles. The standard InChI is InChI=1S/C16H20NO.2CH4.CH3/c1-5-14(13-9-7-6-8-10-13)15-11(2)12(3)17(4)16(15)18;;;/h6-11,14-15H,3-5H2,1-2H3;2*1H4;1H3/q+1;;;-1. The van der Waals surface area contributed by atoms with Crippen molar-refractivity contribution in [3.05, 3.63) is 55.6 Å². The number of nitrogens with zero attached hydrogens (tertiary/aromatic N) is 1. The van der Waals surface area contributed by atoms with E-state index in [0.717, 1.165) is 12.1 Å². The summed E-state index contributed by atoms with van der Waals surface area (Å²) in [5.74, 6) is 0.489. The van der Waals surface area contributed by atoms with E-state index in [1.54, 1.807) is 0 Å².